The minimum absolute atomic E-state index is 0.725. The van der Waals surface area contributed by atoms with Gasteiger partial charge in [0.15, 0.2) is 5.82 Å². The number of nitrogens with zero attached hydrogens (tertiary/aromatic N) is 5. The van der Waals surface area contributed by atoms with Gasteiger partial charge in [-0.15, -0.1) is 10.2 Å². The first-order valence-electron chi connectivity index (χ1n) is 7.73. The Labute approximate surface area is 148 Å². The van der Waals surface area contributed by atoms with Gasteiger partial charge in [-0.05, 0) is 23.8 Å². The molecular formula is C16H16ClN5OS. The Morgan fingerprint density at radius 1 is 1.21 bits per heavy atom. The smallest absolute Gasteiger partial charge is 0.235 e. The van der Waals surface area contributed by atoms with E-state index in [1.54, 1.807) is 0 Å². The molecule has 1 aromatic carbocycles. The van der Waals surface area contributed by atoms with E-state index in [4.69, 9.17) is 16.3 Å². The minimum atomic E-state index is 0.725. The van der Waals surface area contributed by atoms with Crippen LogP contribution in [-0.4, -0.2) is 51.0 Å². The fourth-order valence-electron chi connectivity index (χ4n) is 2.58. The summed E-state index contributed by atoms with van der Waals surface area (Å²) in [5.41, 5.74) is 1.04. The highest BCUT2D eigenvalue weighted by atomic mass is 35.5. The zero-order valence-corrected chi connectivity index (χ0v) is 14.5. The molecule has 4 rings (SSSR count). The normalized spacial score (nSPS) is 16.4. The average molecular weight is 362 g/mol. The van der Waals surface area contributed by atoms with Crippen LogP contribution in [0.1, 0.15) is 16.4 Å². The third-order valence-corrected chi connectivity index (χ3v) is 4.91. The third-order valence-electron chi connectivity index (χ3n) is 3.81. The van der Waals surface area contributed by atoms with E-state index < -0.39 is 0 Å². The van der Waals surface area contributed by atoms with E-state index in [2.05, 4.69) is 20.2 Å². The predicted octanol–water partition coefficient (Wildman–Crippen LogP) is 2.84. The summed E-state index contributed by atoms with van der Waals surface area (Å²) in [4.78, 5) is 3.12. The monoisotopic (exact) mass is 361 g/mol. The molecule has 0 bridgehead atoms. The van der Waals surface area contributed by atoms with Crippen molar-refractivity contribution in [3.63, 3.8) is 0 Å². The van der Waals surface area contributed by atoms with Crippen LogP contribution >= 0.6 is 22.9 Å². The molecular weight excluding hydrogens is 346 g/mol. The number of aromatic nitrogens is 4. The Hall–Kier alpha value is -1.80. The summed E-state index contributed by atoms with van der Waals surface area (Å²) in [6, 6.07) is 7.72. The van der Waals surface area contributed by atoms with Crippen molar-refractivity contribution in [1.29, 1.82) is 0 Å². The first kappa shape index (κ1) is 15.7. The van der Waals surface area contributed by atoms with Crippen LogP contribution < -0.4 is 0 Å². The van der Waals surface area contributed by atoms with Crippen molar-refractivity contribution in [2.24, 2.45) is 0 Å². The molecule has 0 aliphatic carbocycles. The quantitative estimate of drug-likeness (QED) is 0.715. The second-order valence-electron chi connectivity index (χ2n) is 5.53. The molecule has 1 aliphatic rings. The van der Waals surface area contributed by atoms with Crippen LogP contribution in [-0.2, 0) is 11.3 Å². The fraction of sp³-hybridized carbons (Fsp3) is 0.312. The molecule has 3 heterocycles. The first-order valence-corrected chi connectivity index (χ1v) is 8.92. The molecule has 0 saturated carbocycles. The SMILES string of the molecule is Clc1cccc(C=Cc2nn3c(CN4CCOCC4)nnc3s2)c1. The maximum atomic E-state index is 6.00. The second-order valence-corrected chi connectivity index (χ2v) is 6.95. The van der Waals surface area contributed by atoms with Gasteiger partial charge >= 0.3 is 0 Å². The minimum Gasteiger partial charge on any atom is -0.379 e. The van der Waals surface area contributed by atoms with Gasteiger partial charge in [0.25, 0.3) is 0 Å². The number of rotatable bonds is 4. The summed E-state index contributed by atoms with van der Waals surface area (Å²) < 4.78 is 7.21. The summed E-state index contributed by atoms with van der Waals surface area (Å²) in [7, 11) is 0. The molecule has 1 saturated heterocycles. The third kappa shape index (κ3) is 3.49. The van der Waals surface area contributed by atoms with E-state index in [-0.39, 0.29) is 0 Å². The summed E-state index contributed by atoms with van der Waals surface area (Å²) in [5, 5.41) is 14.7. The van der Waals surface area contributed by atoms with E-state index in [0.717, 1.165) is 59.2 Å². The number of hydrogen-bond donors (Lipinski definition) is 0. The van der Waals surface area contributed by atoms with Crippen LogP contribution in [0.15, 0.2) is 24.3 Å². The lowest BCUT2D eigenvalue weighted by Gasteiger charge is -2.25. The highest BCUT2D eigenvalue weighted by Gasteiger charge is 2.16. The number of ether oxygens (including phenoxy) is 1. The lowest BCUT2D eigenvalue weighted by Crippen LogP contribution is -2.36. The van der Waals surface area contributed by atoms with Gasteiger partial charge in [-0.3, -0.25) is 4.90 Å². The molecule has 1 aliphatic heterocycles. The molecule has 2 aromatic heterocycles. The van der Waals surface area contributed by atoms with Gasteiger partial charge in [-0.2, -0.15) is 9.61 Å². The van der Waals surface area contributed by atoms with Crippen LogP contribution in [0.25, 0.3) is 17.1 Å². The Morgan fingerprint density at radius 3 is 2.92 bits per heavy atom. The zero-order chi connectivity index (χ0) is 16.4. The Bertz CT molecular complexity index is 868. The van der Waals surface area contributed by atoms with E-state index in [0.29, 0.717) is 0 Å². The van der Waals surface area contributed by atoms with Crippen LogP contribution in [0.3, 0.4) is 0 Å². The second kappa shape index (κ2) is 6.98. The summed E-state index contributed by atoms with van der Waals surface area (Å²) in [5.74, 6) is 0.866. The average Bonchev–Trinajstić information content (AvgIpc) is 3.16. The van der Waals surface area contributed by atoms with Crippen molar-refractivity contribution in [3.05, 3.63) is 45.7 Å². The highest BCUT2D eigenvalue weighted by Crippen LogP contribution is 2.19. The summed E-state index contributed by atoms with van der Waals surface area (Å²) in [6.45, 7) is 4.12. The van der Waals surface area contributed by atoms with Gasteiger partial charge in [-0.25, -0.2) is 0 Å². The molecule has 6 nitrogen and oxygen atoms in total. The molecule has 1 fully saturated rings. The number of morpholine rings is 1. The Morgan fingerprint density at radius 2 is 2.08 bits per heavy atom. The lowest BCUT2D eigenvalue weighted by atomic mass is 10.2. The van der Waals surface area contributed by atoms with Gasteiger partial charge in [0.2, 0.25) is 4.96 Å². The van der Waals surface area contributed by atoms with Gasteiger partial charge in [0.05, 0.1) is 19.8 Å². The molecule has 0 amide bonds. The maximum absolute atomic E-state index is 6.00. The van der Waals surface area contributed by atoms with Gasteiger partial charge in [0, 0.05) is 18.1 Å². The van der Waals surface area contributed by atoms with Crippen LogP contribution in [0.5, 0.6) is 0 Å². The first-order chi connectivity index (χ1) is 11.8. The van der Waals surface area contributed by atoms with Crippen molar-refractivity contribution in [2.75, 3.05) is 26.3 Å². The highest BCUT2D eigenvalue weighted by molar-refractivity contribution is 7.17. The van der Waals surface area contributed by atoms with E-state index in [9.17, 15) is 0 Å². The predicted molar refractivity (Wildman–Crippen MR) is 95.1 cm³/mol. The van der Waals surface area contributed by atoms with Gasteiger partial charge < -0.3 is 4.74 Å². The molecule has 0 radical (unpaired) electrons. The standard InChI is InChI=1S/C16H16ClN5OS/c17-13-3-1-2-12(10-13)4-5-15-20-22-14(18-19-16(22)24-15)11-21-6-8-23-9-7-21/h1-5,10H,6-9,11H2. The van der Waals surface area contributed by atoms with Crippen molar-refractivity contribution in [3.8, 4) is 0 Å². The van der Waals surface area contributed by atoms with E-state index >= 15 is 0 Å². The van der Waals surface area contributed by atoms with Crippen LogP contribution in [0.4, 0.5) is 0 Å². The molecule has 0 atom stereocenters. The van der Waals surface area contributed by atoms with E-state index in [1.807, 2.05) is 40.9 Å². The zero-order valence-electron chi connectivity index (χ0n) is 12.9. The summed E-state index contributed by atoms with van der Waals surface area (Å²) >= 11 is 7.52. The molecule has 24 heavy (non-hydrogen) atoms. The number of benzene rings is 1. The van der Waals surface area contributed by atoms with Gasteiger partial charge in [0.1, 0.15) is 5.01 Å². The summed E-state index contributed by atoms with van der Waals surface area (Å²) in [6.07, 6.45) is 3.97. The van der Waals surface area contributed by atoms with Crippen LogP contribution in [0.2, 0.25) is 5.02 Å². The van der Waals surface area contributed by atoms with Gasteiger partial charge in [-0.1, -0.05) is 41.1 Å². The van der Waals surface area contributed by atoms with E-state index in [1.165, 1.54) is 11.3 Å². The molecule has 0 N–H and O–H groups in total. The Kier molecular flexibility index (Phi) is 4.57. The molecule has 124 valence electrons. The number of halogens is 1. The molecule has 0 unspecified atom stereocenters. The number of fused-ring (bicyclic) bond motifs is 1. The molecule has 8 heteroatoms. The topological polar surface area (TPSA) is 55.5 Å². The van der Waals surface area contributed by atoms with Crippen molar-refractivity contribution >= 4 is 40.1 Å². The molecule has 0 spiro atoms. The van der Waals surface area contributed by atoms with Crippen molar-refractivity contribution in [1.82, 2.24) is 24.7 Å². The van der Waals surface area contributed by atoms with Crippen molar-refractivity contribution < 1.29 is 4.74 Å². The fourth-order valence-corrected chi connectivity index (χ4v) is 3.53. The lowest BCUT2D eigenvalue weighted by molar-refractivity contribution is 0.0328. The largest absolute Gasteiger partial charge is 0.379 e. The Balaban J connectivity index is 1.53. The van der Waals surface area contributed by atoms with Crippen LogP contribution in [0, 0.1) is 0 Å². The van der Waals surface area contributed by atoms with Crippen molar-refractivity contribution in [2.45, 2.75) is 6.54 Å². The molecule has 3 aromatic rings. The maximum Gasteiger partial charge on any atom is 0.235 e. The number of hydrogen-bond acceptors (Lipinski definition) is 6.